The lowest BCUT2D eigenvalue weighted by molar-refractivity contribution is -0.384. The zero-order chi connectivity index (χ0) is 21.5. The summed E-state index contributed by atoms with van der Waals surface area (Å²) in [6, 6.07) is 13.1. The second-order valence-electron chi connectivity index (χ2n) is 6.85. The summed E-state index contributed by atoms with van der Waals surface area (Å²) in [4.78, 5) is 35.6. The highest BCUT2D eigenvalue weighted by Gasteiger charge is 2.36. The highest BCUT2D eigenvalue weighted by Crippen LogP contribution is 2.30. The number of hydrogen-bond donors (Lipinski definition) is 0. The number of carbonyl (C=O) groups is 2. The van der Waals surface area contributed by atoms with Gasteiger partial charge in [-0.25, -0.2) is 4.79 Å². The van der Waals surface area contributed by atoms with Crippen LogP contribution in [0.15, 0.2) is 48.5 Å². The van der Waals surface area contributed by atoms with Gasteiger partial charge in [-0.3, -0.25) is 15.0 Å². The van der Waals surface area contributed by atoms with Crippen LogP contribution < -0.4 is 4.74 Å². The topological polar surface area (TPSA) is 99.0 Å². The summed E-state index contributed by atoms with van der Waals surface area (Å²) in [5, 5.41) is 10.8. The molecule has 30 heavy (non-hydrogen) atoms. The number of benzene rings is 2. The predicted octanol–water partition coefficient (Wildman–Crippen LogP) is 3.82. The number of nitro groups is 1. The quantitative estimate of drug-likeness (QED) is 0.357. The minimum atomic E-state index is -0.557. The van der Waals surface area contributed by atoms with Crippen molar-refractivity contribution < 1.29 is 24.0 Å². The van der Waals surface area contributed by atoms with E-state index in [4.69, 9.17) is 9.47 Å². The third-order valence-corrected chi connectivity index (χ3v) is 6.16. The van der Waals surface area contributed by atoms with Gasteiger partial charge >= 0.3 is 6.09 Å². The van der Waals surface area contributed by atoms with Crippen LogP contribution in [0, 0.1) is 10.1 Å². The molecular weight excluding hydrogens is 408 g/mol. The van der Waals surface area contributed by atoms with Gasteiger partial charge in [0.05, 0.1) is 18.1 Å². The molecule has 1 fully saturated rings. The molecule has 0 saturated carbocycles. The number of nitro benzene ring substituents is 1. The van der Waals surface area contributed by atoms with Crippen molar-refractivity contribution in [3.8, 4) is 5.75 Å². The van der Waals surface area contributed by atoms with Crippen LogP contribution in [0.3, 0.4) is 0 Å². The molecule has 2 atom stereocenters. The standard InChI is InChI=1S/C21H22N2O6S/c1-28-19-8-4-16(5-9-19)14-30-20-10-18(12-24)22(11-20)21(25)29-13-15-2-6-17(7-3-15)23(26)27/h2-9,12,18,20H,10-11,13-14H2,1H3/t18-,20-/m0/s1. The van der Waals surface area contributed by atoms with Gasteiger partial charge in [-0.2, -0.15) is 11.8 Å². The number of rotatable bonds is 8. The summed E-state index contributed by atoms with van der Waals surface area (Å²) >= 11 is 1.70. The van der Waals surface area contributed by atoms with E-state index in [2.05, 4.69) is 0 Å². The van der Waals surface area contributed by atoms with Crippen molar-refractivity contribution in [1.29, 1.82) is 0 Å². The van der Waals surface area contributed by atoms with Crippen molar-refractivity contribution in [1.82, 2.24) is 4.90 Å². The van der Waals surface area contributed by atoms with Crippen LogP contribution in [-0.4, -0.2) is 47.1 Å². The molecule has 158 valence electrons. The van der Waals surface area contributed by atoms with E-state index in [0.29, 0.717) is 18.5 Å². The van der Waals surface area contributed by atoms with Crippen molar-refractivity contribution in [3.05, 3.63) is 69.8 Å². The average molecular weight is 430 g/mol. The third-order valence-electron chi connectivity index (χ3n) is 4.85. The number of hydrogen-bond acceptors (Lipinski definition) is 7. The van der Waals surface area contributed by atoms with E-state index in [1.165, 1.54) is 17.0 Å². The van der Waals surface area contributed by atoms with Gasteiger partial charge in [0, 0.05) is 29.7 Å². The van der Waals surface area contributed by atoms with Gasteiger partial charge in [-0.15, -0.1) is 0 Å². The number of likely N-dealkylation sites (tertiary alicyclic amines) is 1. The van der Waals surface area contributed by atoms with Crippen molar-refractivity contribution in [2.75, 3.05) is 13.7 Å². The Balaban J connectivity index is 1.51. The maximum Gasteiger partial charge on any atom is 0.410 e. The van der Waals surface area contributed by atoms with Crippen LogP contribution >= 0.6 is 11.8 Å². The van der Waals surface area contributed by atoms with Crippen LogP contribution in [0.25, 0.3) is 0 Å². The number of aldehydes is 1. The number of thioether (sulfide) groups is 1. The molecule has 8 nitrogen and oxygen atoms in total. The molecule has 0 radical (unpaired) electrons. The van der Waals surface area contributed by atoms with E-state index in [1.807, 2.05) is 24.3 Å². The Kier molecular flexibility index (Phi) is 7.29. The Hall–Kier alpha value is -3.07. The summed E-state index contributed by atoms with van der Waals surface area (Å²) in [6.07, 6.45) is 0.802. The zero-order valence-electron chi connectivity index (χ0n) is 16.4. The lowest BCUT2D eigenvalue weighted by Gasteiger charge is -2.20. The molecule has 0 N–H and O–H groups in total. The SMILES string of the molecule is COc1ccc(CS[C@H]2C[C@@H](C=O)N(C(=O)OCc3ccc([N+](=O)[O-])cc3)C2)cc1. The van der Waals surface area contributed by atoms with E-state index in [0.717, 1.165) is 23.4 Å². The van der Waals surface area contributed by atoms with Crippen molar-refractivity contribution in [3.63, 3.8) is 0 Å². The van der Waals surface area contributed by atoms with Gasteiger partial charge in [0.2, 0.25) is 0 Å². The van der Waals surface area contributed by atoms with Crippen LogP contribution in [-0.2, 0) is 21.9 Å². The zero-order valence-corrected chi connectivity index (χ0v) is 17.2. The van der Waals surface area contributed by atoms with Crippen molar-refractivity contribution in [2.24, 2.45) is 0 Å². The lowest BCUT2D eigenvalue weighted by Crippen LogP contribution is -2.37. The highest BCUT2D eigenvalue weighted by atomic mass is 32.2. The molecule has 0 bridgehead atoms. The fourth-order valence-corrected chi connectivity index (χ4v) is 4.38. The van der Waals surface area contributed by atoms with Gasteiger partial charge in [0.1, 0.15) is 18.6 Å². The van der Waals surface area contributed by atoms with Gasteiger partial charge in [-0.1, -0.05) is 12.1 Å². The van der Waals surface area contributed by atoms with Crippen molar-refractivity contribution in [2.45, 2.75) is 30.1 Å². The maximum absolute atomic E-state index is 12.5. The minimum Gasteiger partial charge on any atom is -0.497 e. The summed E-state index contributed by atoms with van der Waals surface area (Å²) < 4.78 is 10.5. The molecule has 1 aliphatic rings. The van der Waals surface area contributed by atoms with E-state index in [1.54, 1.807) is 31.0 Å². The molecule has 1 heterocycles. The fraction of sp³-hybridized carbons (Fsp3) is 0.333. The van der Waals surface area contributed by atoms with Crippen LogP contribution in [0.1, 0.15) is 17.5 Å². The van der Waals surface area contributed by atoms with Crippen LogP contribution in [0.5, 0.6) is 5.75 Å². The summed E-state index contributed by atoms with van der Waals surface area (Å²) in [5.74, 6) is 1.57. The predicted molar refractivity (Wildman–Crippen MR) is 113 cm³/mol. The van der Waals surface area contributed by atoms with Gasteiger partial charge in [0.25, 0.3) is 5.69 Å². The molecule has 0 unspecified atom stereocenters. The summed E-state index contributed by atoms with van der Waals surface area (Å²) in [5.41, 5.74) is 1.76. The Morgan fingerprint density at radius 2 is 1.87 bits per heavy atom. The van der Waals surface area contributed by atoms with Crippen molar-refractivity contribution >= 4 is 29.8 Å². The summed E-state index contributed by atoms with van der Waals surface area (Å²) in [6.45, 7) is 0.423. The molecule has 1 aliphatic heterocycles. The Morgan fingerprint density at radius 1 is 1.20 bits per heavy atom. The molecule has 0 aliphatic carbocycles. The average Bonchev–Trinajstić information content (AvgIpc) is 3.20. The van der Waals surface area contributed by atoms with E-state index < -0.39 is 17.1 Å². The molecule has 2 aromatic rings. The second-order valence-corrected chi connectivity index (χ2v) is 8.14. The molecule has 2 aromatic carbocycles. The molecule has 0 aromatic heterocycles. The first-order chi connectivity index (χ1) is 14.5. The third kappa shape index (κ3) is 5.50. The minimum absolute atomic E-state index is 0.0113. The van der Waals surface area contributed by atoms with Gasteiger partial charge < -0.3 is 14.3 Å². The smallest absolute Gasteiger partial charge is 0.410 e. The molecular formula is C21H22N2O6S. The molecule has 9 heteroatoms. The first kappa shape index (κ1) is 21.6. The largest absolute Gasteiger partial charge is 0.497 e. The van der Waals surface area contributed by atoms with Gasteiger partial charge in [-0.05, 0) is 41.8 Å². The van der Waals surface area contributed by atoms with E-state index >= 15 is 0 Å². The molecule has 1 amide bonds. The number of non-ortho nitro benzene ring substituents is 1. The normalized spacial score (nSPS) is 18.1. The lowest BCUT2D eigenvalue weighted by atomic mass is 10.2. The molecule has 1 saturated heterocycles. The van der Waals surface area contributed by atoms with E-state index in [9.17, 15) is 19.7 Å². The van der Waals surface area contributed by atoms with Gasteiger partial charge in [0.15, 0.2) is 0 Å². The maximum atomic E-state index is 12.5. The first-order valence-corrected chi connectivity index (χ1v) is 10.4. The van der Waals surface area contributed by atoms with Crippen LogP contribution in [0.2, 0.25) is 0 Å². The monoisotopic (exact) mass is 430 g/mol. The van der Waals surface area contributed by atoms with Crippen LogP contribution in [0.4, 0.5) is 10.5 Å². The summed E-state index contributed by atoms with van der Waals surface area (Å²) in [7, 11) is 1.62. The Morgan fingerprint density at radius 3 is 2.47 bits per heavy atom. The van der Waals surface area contributed by atoms with E-state index in [-0.39, 0.29) is 17.5 Å². The number of ether oxygens (including phenoxy) is 2. The number of nitrogens with zero attached hydrogens (tertiary/aromatic N) is 2. The second kappa shape index (κ2) is 10.1. The number of amides is 1. The first-order valence-electron chi connectivity index (χ1n) is 9.36. The molecule has 3 rings (SSSR count). The molecule has 0 spiro atoms. The fourth-order valence-electron chi connectivity index (χ4n) is 3.16. The Labute approximate surface area is 178 Å². The highest BCUT2D eigenvalue weighted by molar-refractivity contribution is 7.99. The Bertz CT molecular complexity index is 887. The number of carbonyl (C=O) groups excluding carboxylic acids is 2. The number of methoxy groups -OCH3 is 1.